The molecule has 1 unspecified atom stereocenters. The average molecular weight is 386 g/mol. The third-order valence-electron chi connectivity index (χ3n) is 3.43. The zero-order chi connectivity index (χ0) is 19.3. The fourth-order valence-corrected chi connectivity index (χ4v) is 3.15. The summed E-state index contributed by atoms with van der Waals surface area (Å²) in [6, 6.07) is 9.33. The number of hydrogen-bond acceptors (Lipinski definition) is 7. The Hall–Kier alpha value is -2.94. The number of nitrogens with zero attached hydrogens (tertiary/aromatic N) is 3. The Morgan fingerprint density at radius 1 is 1.26 bits per heavy atom. The molecule has 0 aliphatic carbocycles. The number of H-pyrrole nitrogens is 1. The molecule has 0 aliphatic rings. The van der Waals surface area contributed by atoms with Crippen LogP contribution in [0.4, 0.5) is 15.6 Å². The van der Waals surface area contributed by atoms with Crippen molar-refractivity contribution >= 4 is 28.2 Å². The van der Waals surface area contributed by atoms with Crippen LogP contribution in [0.5, 0.6) is 0 Å². The van der Waals surface area contributed by atoms with Crippen molar-refractivity contribution in [1.82, 2.24) is 25.5 Å². The molecule has 9 heteroatoms. The molecule has 3 N–H and O–H groups in total. The number of para-hydroxylation sites is 1. The highest BCUT2D eigenvalue weighted by molar-refractivity contribution is 7.15. The van der Waals surface area contributed by atoms with E-state index in [0.29, 0.717) is 16.6 Å². The number of imidazole rings is 1. The van der Waals surface area contributed by atoms with Crippen molar-refractivity contribution in [3.05, 3.63) is 53.6 Å². The normalized spacial score (nSPS) is 12.4. The zero-order valence-corrected chi connectivity index (χ0v) is 16.2. The molecule has 0 bridgehead atoms. The van der Waals surface area contributed by atoms with Crippen LogP contribution in [-0.2, 0) is 11.2 Å². The summed E-state index contributed by atoms with van der Waals surface area (Å²) in [7, 11) is 0. The van der Waals surface area contributed by atoms with Crippen molar-refractivity contribution in [2.24, 2.45) is 0 Å². The lowest BCUT2D eigenvalue weighted by Crippen LogP contribution is -2.35. The van der Waals surface area contributed by atoms with Gasteiger partial charge in [0.15, 0.2) is 0 Å². The van der Waals surface area contributed by atoms with E-state index < -0.39 is 11.7 Å². The molecule has 0 aliphatic heterocycles. The summed E-state index contributed by atoms with van der Waals surface area (Å²) in [6.07, 6.45) is 3.31. The van der Waals surface area contributed by atoms with Gasteiger partial charge in [0.25, 0.3) is 0 Å². The Morgan fingerprint density at radius 3 is 2.70 bits per heavy atom. The predicted molar refractivity (Wildman–Crippen MR) is 104 cm³/mol. The Morgan fingerprint density at radius 2 is 2.04 bits per heavy atom. The maximum atomic E-state index is 12.3. The molecular weight excluding hydrogens is 364 g/mol. The van der Waals surface area contributed by atoms with Gasteiger partial charge in [-0.05, 0) is 32.9 Å². The number of ether oxygens (including phenoxy) is 1. The topological polar surface area (TPSA) is 105 Å². The van der Waals surface area contributed by atoms with Crippen LogP contribution in [0.15, 0.2) is 42.9 Å². The highest BCUT2D eigenvalue weighted by atomic mass is 32.1. The highest BCUT2D eigenvalue weighted by Gasteiger charge is 2.24. The maximum Gasteiger partial charge on any atom is 0.408 e. The molecule has 1 amide bonds. The van der Waals surface area contributed by atoms with E-state index in [0.717, 1.165) is 11.4 Å². The fourth-order valence-electron chi connectivity index (χ4n) is 2.34. The van der Waals surface area contributed by atoms with Crippen molar-refractivity contribution < 1.29 is 9.53 Å². The van der Waals surface area contributed by atoms with Crippen LogP contribution in [0.3, 0.4) is 0 Å². The first-order chi connectivity index (χ1) is 12.9. The van der Waals surface area contributed by atoms with E-state index in [-0.39, 0.29) is 6.04 Å². The summed E-state index contributed by atoms with van der Waals surface area (Å²) in [5.41, 5.74) is 1.22. The summed E-state index contributed by atoms with van der Waals surface area (Å²) in [6.45, 7) is 5.47. The lowest BCUT2D eigenvalue weighted by Gasteiger charge is -2.22. The summed E-state index contributed by atoms with van der Waals surface area (Å²) < 4.78 is 5.38. The lowest BCUT2D eigenvalue weighted by atomic mass is 10.2. The molecule has 142 valence electrons. The molecule has 0 saturated heterocycles. The summed E-state index contributed by atoms with van der Waals surface area (Å²) in [5, 5.41) is 15.8. The lowest BCUT2D eigenvalue weighted by molar-refractivity contribution is 0.0503. The number of rotatable bonds is 6. The highest BCUT2D eigenvalue weighted by Crippen LogP contribution is 2.27. The Labute approximate surface area is 161 Å². The molecule has 3 aromatic rings. The van der Waals surface area contributed by atoms with Crippen molar-refractivity contribution in [2.45, 2.75) is 38.8 Å². The van der Waals surface area contributed by atoms with Gasteiger partial charge in [0, 0.05) is 24.0 Å². The number of carbonyl (C=O) groups is 1. The minimum Gasteiger partial charge on any atom is -0.444 e. The van der Waals surface area contributed by atoms with Crippen LogP contribution < -0.4 is 10.6 Å². The number of anilines is 2. The number of aromatic nitrogens is 4. The molecule has 2 heterocycles. The number of hydrogen-bond donors (Lipinski definition) is 3. The second kappa shape index (κ2) is 8.17. The Kier molecular flexibility index (Phi) is 5.70. The third kappa shape index (κ3) is 5.78. The van der Waals surface area contributed by atoms with E-state index in [4.69, 9.17) is 4.74 Å². The van der Waals surface area contributed by atoms with E-state index in [1.54, 1.807) is 12.5 Å². The molecule has 1 atom stereocenters. The molecule has 0 radical (unpaired) electrons. The fraction of sp³-hybridized carbons (Fsp3) is 0.333. The third-order valence-corrected chi connectivity index (χ3v) is 4.39. The van der Waals surface area contributed by atoms with E-state index in [1.807, 2.05) is 51.1 Å². The number of aromatic amines is 1. The first kappa shape index (κ1) is 18.8. The van der Waals surface area contributed by atoms with Gasteiger partial charge in [-0.3, -0.25) is 0 Å². The van der Waals surface area contributed by atoms with Gasteiger partial charge < -0.3 is 20.4 Å². The second-order valence-corrected chi connectivity index (χ2v) is 7.93. The van der Waals surface area contributed by atoms with Crippen molar-refractivity contribution in [2.75, 3.05) is 5.32 Å². The van der Waals surface area contributed by atoms with Crippen LogP contribution in [0.2, 0.25) is 0 Å². The van der Waals surface area contributed by atoms with E-state index in [9.17, 15) is 4.79 Å². The number of benzene rings is 1. The van der Waals surface area contributed by atoms with Gasteiger partial charge in [0.2, 0.25) is 5.13 Å². The molecule has 0 fully saturated rings. The van der Waals surface area contributed by atoms with Crippen LogP contribution >= 0.6 is 11.3 Å². The van der Waals surface area contributed by atoms with Gasteiger partial charge in [0.1, 0.15) is 10.6 Å². The zero-order valence-electron chi connectivity index (χ0n) is 15.4. The minimum atomic E-state index is -0.580. The summed E-state index contributed by atoms with van der Waals surface area (Å²) in [4.78, 5) is 19.3. The van der Waals surface area contributed by atoms with Gasteiger partial charge in [-0.2, -0.15) is 0 Å². The smallest absolute Gasteiger partial charge is 0.408 e. The second-order valence-electron chi connectivity index (χ2n) is 6.92. The van der Waals surface area contributed by atoms with Gasteiger partial charge in [-0.25, -0.2) is 9.78 Å². The average Bonchev–Trinajstić information content (AvgIpc) is 3.25. The van der Waals surface area contributed by atoms with Crippen molar-refractivity contribution in [3.63, 3.8) is 0 Å². The standard InChI is InChI=1S/C18H22N6O2S/c1-18(2,3)26-17(25)22-14(9-13-10-19-11-20-13)15-23-24-16(27-15)21-12-7-5-4-6-8-12/h4-8,10-11,14H,9H2,1-3H3,(H,19,20)(H,21,24)(H,22,25). The molecule has 0 spiro atoms. The first-order valence-electron chi connectivity index (χ1n) is 8.51. The molecule has 27 heavy (non-hydrogen) atoms. The summed E-state index contributed by atoms with van der Waals surface area (Å²) in [5.74, 6) is 0. The van der Waals surface area contributed by atoms with Crippen LogP contribution in [-0.4, -0.2) is 31.9 Å². The molecule has 1 aromatic carbocycles. The van der Waals surface area contributed by atoms with Gasteiger partial charge in [-0.15, -0.1) is 10.2 Å². The van der Waals surface area contributed by atoms with E-state index in [1.165, 1.54) is 11.3 Å². The van der Waals surface area contributed by atoms with Crippen LogP contribution in [0, 0.1) is 0 Å². The Bertz CT molecular complexity index is 858. The minimum absolute atomic E-state index is 0.385. The van der Waals surface area contributed by atoms with Crippen LogP contribution in [0.1, 0.15) is 37.5 Å². The molecule has 3 rings (SSSR count). The maximum absolute atomic E-state index is 12.3. The Balaban J connectivity index is 1.74. The van der Waals surface area contributed by atoms with E-state index >= 15 is 0 Å². The molecule has 8 nitrogen and oxygen atoms in total. The van der Waals surface area contributed by atoms with Gasteiger partial charge in [0.05, 0.1) is 12.4 Å². The van der Waals surface area contributed by atoms with Crippen LogP contribution in [0.25, 0.3) is 0 Å². The quantitative estimate of drug-likeness (QED) is 0.595. The molecule has 0 saturated carbocycles. The number of nitrogens with one attached hydrogen (secondary N) is 3. The van der Waals surface area contributed by atoms with Crippen molar-refractivity contribution in [1.29, 1.82) is 0 Å². The van der Waals surface area contributed by atoms with E-state index in [2.05, 4.69) is 30.8 Å². The molecular formula is C18H22N6O2S. The SMILES string of the molecule is CC(C)(C)OC(=O)NC(Cc1cnc[nH]1)c1nnc(Nc2ccccc2)s1. The predicted octanol–water partition coefficient (Wildman–Crippen LogP) is 3.81. The monoisotopic (exact) mass is 386 g/mol. The van der Waals surface area contributed by atoms with Gasteiger partial charge >= 0.3 is 6.09 Å². The summed E-state index contributed by atoms with van der Waals surface area (Å²) >= 11 is 1.38. The number of amides is 1. The molecule has 2 aromatic heterocycles. The number of alkyl carbamates (subject to hydrolysis) is 1. The number of carbonyl (C=O) groups excluding carboxylic acids is 1. The first-order valence-corrected chi connectivity index (χ1v) is 9.33. The largest absolute Gasteiger partial charge is 0.444 e. The van der Waals surface area contributed by atoms with Crippen molar-refractivity contribution in [3.8, 4) is 0 Å². The van der Waals surface area contributed by atoms with Gasteiger partial charge in [-0.1, -0.05) is 29.5 Å².